The molecular formula is C18H19N3O7. The highest BCUT2D eigenvalue weighted by molar-refractivity contribution is 5.95. The third kappa shape index (κ3) is 5.40. The number of hydrogen-bond donors (Lipinski definition) is 2. The van der Waals surface area contributed by atoms with Gasteiger partial charge in [-0.15, -0.1) is 0 Å². The van der Waals surface area contributed by atoms with Crippen LogP contribution in [0.15, 0.2) is 41.6 Å². The lowest BCUT2D eigenvalue weighted by atomic mass is 10.0. The van der Waals surface area contributed by atoms with E-state index in [9.17, 15) is 24.5 Å². The van der Waals surface area contributed by atoms with Gasteiger partial charge in [0.15, 0.2) is 0 Å². The van der Waals surface area contributed by atoms with E-state index in [1.54, 1.807) is 19.9 Å². The van der Waals surface area contributed by atoms with Gasteiger partial charge in [-0.3, -0.25) is 10.1 Å². The molecule has 1 aliphatic rings. The van der Waals surface area contributed by atoms with Crippen LogP contribution < -0.4 is 10.6 Å². The zero-order chi connectivity index (χ0) is 20.7. The average molecular weight is 389 g/mol. The molecule has 28 heavy (non-hydrogen) atoms. The second-order valence-corrected chi connectivity index (χ2v) is 5.73. The van der Waals surface area contributed by atoms with Crippen molar-refractivity contribution in [2.45, 2.75) is 19.9 Å². The van der Waals surface area contributed by atoms with E-state index in [4.69, 9.17) is 9.47 Å². The van der Waals surface area contributed by atoms with Gasteiger partial charge in [-0.2, -0.15) is 0 Å². The summed E-state index contributed by atoms with van der Waals surface area (Å²) in [6.07, 6.45) is 2.45. The number of amides is 2. The fourth-order valence-electron chi connectivity index (χ4n) is 2.49. The Morgan fingerprint density at radius 3 is 2.75 bits per heavy atom. The number of esters is 2. The molecule has 2 N–H and O–H groups in total. The predicted molar refractivity (Wildman–Crippen MR) is 97.9 cm³/mol. The third-order valence-corrected chi connectivity index (χ3v) is 3.72. The maximum Gasteiger partial charge on any atom is 0.338 e. The largest absolute Gasteiger partial charge is 0.463 e. The van der Waals surface area contributed by atoms with Gasteiger partial charge in [-0.25, -0.2) is 14.4 Å². The van der Waals surface area contributed by atoms with Gasteiger partial charge in [0, 0.05) is 18.2 Å². The van der Waals surface area contributed by atoms with Gasteiger partial charge in [0.05, 0.1) is 28.8 Å². The molecule has 0 aromatic heterocycles. The standard InChI is InChI=1S/C18H19N3O7/c1-3-27-17(23)16-11(2)19-18(24)20-14(16)10-28-15(22)8-7-12-5-4-6-13(9-12)21(25)26/h4-9,11H,3,10H2,1-2H3,(H2,19,20,24)/b8-7-/t11-/m0/s1. The molecule has 0 fully saturated rings. The number of nitro benzene ring substituents is 1. The number of urea groups is 1. The highest BCUT2D eigenvalue weighted by Gasteiger charge is 2.30. The van der Waals surface area contributed by atoms with Gasteiger partial charge in [0.25, 0.3) is 5.69 Å². The number of non-ortho nitro benzene ring substituents is 1. The van der Waals surface area contributed by atoms with E-state index < -0.39 is 28.9 Å². The van der Waals surface area contributed by atoms with E-state index in [1.165, 1.54) is 24.3 Å². The number of nitrogens with one attached hydrogen (secondary N) is 2. The Labute approximate surface area is 160 Å². The number of carbonyl (C=O) groups excluding carboxylic acids is 3. The van der Waals surface area contributed by atoms with Gasteiger partial charge in [0.2, 0.25) is 0 Å². The Hall–Kier alpha value is -3.69. The molecule has 2 rings (SSSR count). The Bertz CT molecular complexity index is 860. The van der Waals surface area contributed by atoms with Crippen LogP contribution in [0.5, 0.6) is 0 Å². The van der Waals surface area contributed by atoms with E-state index in [2.05, 4.69) is 10.6 Å². The van der Waals surface area contributed by atoms with Gasteiger partial charge in [-0.05, 0) is 25.5 Å². The minimum Gasteiger partial charge on any atom is -0.463 e. The van der Waals surface area contributed by atoms with Crippen LogP contribution in [0.25, 0.3) is 6.08 Å². The summed E-state index contributed by atoms with van der Waals surface area (Å²) in [5.41, 5.74) is 0.635. The summed E-state index contributed by atoms with van der Waals surface area (Å²) in [7, 11) is 0. The first kappa shape index (κ1) is 20.6. The zero-order valence-corrected chi connectivity index (χ0v) is 15.3. The third-order valence-electron chi connectivity index (χ3n) is 3.72. The first-order chi connectivity index (χ1) is 13.3. The van der Waals surface area contributed by atoms with Crippen LogP contribution in [0.4, 0.5) is 10.5 Å². The number of hydrogen-bond acceptors (Lipinski definition) is 7. The van der Waals surface area contributed by atoms with E-state index in [-0.39, 0.29) is 30.2 Å². The van der Waals surface area contributed by atoms with E-state index in [0.717, 1.165) is 6.08 Å². The zero-order valence-electron chi connectivity index (χ0n) is 15.3. The SMILES string of the molecule is CCOC(=O)C1=C(COC(=O)/C=C\c2cccc([N+](=O)[O-])c2)NC(=O)N[C@H]1C. The summed E-state index contributed by atoms with van der Waals surface area (Å²) >= 11 is 0. The summed E-state index contributed by atoms with van der Waals surface area (Å²) in [6, 6.07) is 4.58. The van der Waals surface area contributed by atoms with Crippen LogP contribution in [0.2, 0.25) is 0 Å². The topological polar surface area (TPSA) is 137 Å². The molecule has 10 heteroatoms. The van der Waals surface area contributed by atoms with Crippen molar-refractivity contribution in [1.29, 1.82) is 0 Å². The molecular weight excluding hydrogens is 370 g/mol. The number of nitrogens with zero attached hydrogens (tertiary/aromatic N) is 1. The van der Waals surface area contributed by atoms with Crippen molar-refractivity contribution in [3.05, 3.63) is 57.3 Å². The molecule has 1 aromatic carbocycles. The molecule has 1 aromatic rings. The van der Waals surface area contributed by atoms with Gasteiger partial charge in [0.1, 0.15) is 6.61 Å². The van der Waals surface area contributed by atoms with Crippen molar-refractivity contribution in [3.63, 3.8) is 0 Å². The first-order valence-electron chi connectivity index (χ1n) is 8.38. The first-order valence-corrected chi connectivity index (χ1v) is 8.38. The molecule has 0 saturated carbocycles. The lowest BCUT2D eigenvalue weighted by Crippen LogP contribution is -2.50. The molecule has 148 valence electrons. The highest BCUT2D eigenvalue weighted by Crippen LogP contribution is 2.16. The number of benzene rings is 1. The molecule has 10 nitrogen and oxygen atoms in total. The molecule has 1 atom stereocenters. The average Bonchev–Trinajstić information content (AvgIpc) is 2.64. The molecule has 0 radical (unpaired) electrons. The Kier molecular flexibility index (Phi) is 6.85. The molecule has 1 heterocycles. The summed E-state index contributed by atoms with van der Waals surface area (Å²) in [6.45, 7) is 3.07. The quantitative estimate of drug-likeness (QED) is 0.313. The van der Waals surface area contributed by atoms with Crippen LogP contribution in [0, 0.1) is 10.1 Å². The van der Waals surface area contributed by atoms with Crippen LogP contribution in [0.1, 0.15) is 19.4 Å². The minimum atomic E-state index is -0.748. The molecule has 0 unspecified atom stereocenters. The van der Waals surface area contributed by atoms with Crippen molar-refractivity contribution in [3.8, 4) is 0 Å². The van der Waals surface area contributed by atoms with Crippen LogP contribution in [0.3, 0.4) is 0 Å². The maximum atomic E-state index is 12.1. The summed E-state index contributed by atoms with van der Waals surface area (Å²) in [5.74, 6) is -1.37. The smallest absolute Gasteiger partial charge is 0.338 e. The number of rotatable bonds is 7. The Balaban J connectivity index is 2.07. The Morgan fingerprint density at radius 1 is 1.32 bits per heavy atom. The minimum absolute atomic E-state index is 0.105. The van der Waals surface area contributed by atoms with Crippen molar-refractivity contribution in [2.24, 2.45) is 0 Å². The fourth-order valence-corrected chi connectivity index (χ4v) is 2.49. The highest BCUT2D eigenvalue weighted by atomic mass is 16.6. The summed E-state index contributed by atoms with van der Waals surface area (Å²) in [4.78, 5) is 45.9. The molecule has 0 aliphatic carbocycles. The number of ether oxygens (including phenoxy) is 2. The molecule has 0 bridgehead atoms. The van der Waals surface area contributed by atoms with Crippen LogP contribution in [-0.4, -0.2) is 42.1 Å². The van der Waals surface area contributed by atoms with Gasteiger partial charge < -0.3 is 20.1 Å². The summed E-state index contributed by atoms with van der Waals surface area (Å²) in [5, 5.41) is 15.7. The van der Waals surface area contributed by atoms with Crippen molar-refractivity contribution < 1.29 is 28.8 Å². The normalized spacial score (nSPS) is 16.4. The fraction of sp³-hybridized carbons (Fsp3) is 0.278. The number of nitro groups is 1. The van der Waals surface area contributed by atoms with E-state index in [0.29, 0.717) is 5.56 Å². The lowest BCUT2D eigenvalue weighted by molar-refractivity contribution is -0.384. The van der Waals surface area contributed by atoms with Gasteiger partial charge >= 0.3 is 18.0 Å². The molecule has 0 saturated heterocycles. The van der Waals surface area contributed by atoms with Crippen molar-refractivity contribution in [2.75, 3.05) is 13.2 Å². The summed E-state index contributed by atoms with van der Waals surface area (Å²) < 4.78 is 10.0. The second-order valence-electron chi connectivity index (χ2n) is 5.73. The Morgan fingerprint density at radius 2 is 2.07 bits per heavy atom. The molecule has 1 aliphatic heterocycles. The van der Waals surface area contributed by atoms with Crippen molar-refractivity contribution in [1.82, 2.24) is 10.6 Å². The number of carbonyl (C=O) groups is 3. The lowest BCUT2D eigenvalue weighted by Gasteiger charge is -2.26. The van der Waals surface area contributed by atoms with Gasteiger partial charge in [-0.1, -0.05) is 12.1 Å². The van der Waals surface area contributed by atoms with E-state index in [1.807, 2.05) is 0 Å². The monoisotopic (exact) mass is 389 g/mol. The molecule has 0 spiro atoms. The van der Waals surface area contributed by atoms with Crippen LogP contribution >= 0.6 is 0 Å². The maximum absolute atomic E-state index is 12.1. The van der Waals surface area contributed by atoms with Crippen molar-refractivity contribution >= 4 is 29.7 Å². The predicted octanol–water partition coefficient (Wildman–Crippen LogP) is 1.67. The second kappa shape index (κ2) is 9.31. The van der Waals surface area contributed by atoms with Crippen LogP contribution in [-0.2, 0) is 19.1 Å². The molecule has 2 amide bonds. The van der Waals surface area contributed by atoms with E-state index >= 15 is 0 Å².